The van der Waals surface area contributed by atoms with E-state index in [-0.39, 0.29) is 0 Å². The van der Waals surface area contributed by atoms with Crippen molar-refractivity contribution >= 4 is 15.9 Å². The summed E-state index contributed by atoms with van der Waals surface area (Å²) in [7, 11) is 3.25. The van der Waals surface area contributed by atoms with Gasteiger partial charge in [-0.15, -0.1) is 0 Å². The van der Waals surface area contributed by atoms with Crippen LogP contribution < -0.4 is 18.9 Å². The molecule has 0 unspecified atom stereocenters. The molecule has 3 rings (SSSR count). The lowest BCUT2D eigenvalue weighted by atomic mass is 10.1. The van der Waals surface area contributed by atoms with E-state index in [4.69, 9.17) is 18.9 Å². The zero-order valence-corrected chi connectivity index (χ0v) is 17.3. The molecule has 2 heterocycles. The van der Waals surface area contributed by atoms with E-state index in [9.17, 15) is 0 Å². The van der Waals surface area contributed by atoms with Crippen LogP contribution in [0.15, 0.2) is 59.5 Å². The molecule has 3 aromatic rings. The highest BCUT2D eigenvalue weighted by molar-refractivity contribution is 9.10. The molecule has 0 spiro atoms. The van der Waals surface area contributed by atoms with Crippen LogP contribution in [0, 0.1) is 0 Å². The predicted octanol–water partition coefficient (Wildman–Crippen LogP) is 5.06. The molecule has 0 saturated heterocycles. The Morgan fingerprint density at radius 3 is 2.46 bits per heavy atom. The molecule has 0 fully saturated rings. The minimum absolute atomic E-state index is 0.430. The maximum absolute atomic E-state index is 5.91. The zero-order valence-electron chi connectivity index (χ0n) is 15.7. The van der Waals surface area contributed by atoms with E-state index in [1.807, 2.05) is 36.4 Å². The number of hydrogen-bond acceptors (Lipinski definition) is 6. The molecule has 0 aliphatic rings. The van der Waals surface area contributed by atoms with Crippen molar-refractivity contribution < 1.29 is 18.9 Å². The van der Waals surface area contributed by atoms with Gasteiger partial charge in [0.1, 0.15) is 17.2 Å². The number of benzene rings is 1. The van der Waals surface area contributed by atoms with E-state index in [0.717, 1.165) is 22.9 Å². The third-order valence-electron chi connectivity index (χ3n) is 3.99. The molecule has 0 radical (unpaired) electrons. The lowest BCUT2D eigenvalue weighted by molar-refractivity contribution is 0.291. The Morgan fingerprint density at radius 2 is 1.75 bits per heavy atom. The van der Waals surface area contributed by atoms with Gasteiger partial charge in [0.05, 0.1) is 33.2 Å². The van der Waals surface area contributed by atoms with Crippen molar-refractivity contribution in [2.75, 3.05) is 20.8 Å². The molecule has 28 heavy (non-hydrogen) atoms. The first kappa shape index (κ1) is 19.9. The highest BCUT2D eigenvalue weighted by Gasteiger charge is 2.12. The second-order valence-corrected chi connectivity index (χ2v) is 6.76. The topological polar surface area (TPSA) is 62.7 Å². The van der Waals surface area contributed by atoms with Crippen LogP contribution >= 0.6 is 15.9 Å². The number of nitrogens with zero attached hydrogens (tertiary/aromatic N) is 2. The monoisotopic (exact) mass is 444 g/mol. The SMILES string of the molecule is COc1cncc(OC)c1CCCOc1cccnc1Oc1cccc(Br)c1. The maximum atomic E-state index is 5.91. The van der Waals surface area contributed by atoms with Crippen molar-refractivity contribution in [3.05, 3.63) is 65.0 Å². The predicted molar refractivity (Wildman–Crippen MR) is 110 cm³/mol. The van der Waals surface area contributed by atoms with Gasteiger partial charge in [-0.25, -0.2) is 4.98 Å². The molecule has 1 aromatic carbocycles. The molecule has 0 atom stereocenters. The molecule has 146 valence electrons. The third-order valence-corrected chi connectivity index (χ3v) is 4.49. The van der Waals surface area contributed by atoms with Gasteiger partial charge in [0.15, 0.2) is 5.75 Å². The number of hydrogen-bond donors (Lipinski definition) is 0. The van der Waals surface area contributed by atoms with Crippen LogP contribution in [-0.4, -0.2) is 30.8 Å². The maximum Gasteiger partial charge on any atom is 0.262 e. The summed E-state index contributed by atoms with van der Waals surface area (Å²) in [5.41, 5.74) is 0.973. The van der Waals surface area contributed by atoms with E-state index in [1.54, 1.807) is 32.8 Å². The van der Waals surface area contributed by atoms with Gasteiger partial charge < -0.3 is 18.9 Å². The normalized spacial score (nSPS) is 10.4. The Morgan fingerprint density at radius 1 is 0.964 bits per heavy atom. The molecule has 0 bridgehead atoms. The van der Waals surface area contributed by atoms with Crippen LogP contribution in [0.2, 0.25) is 0 Å². The summed E-state index contributed by atoms with van der Waals surface area (Å²) < 4.78 is 23.5. The van der Waals surface area contributed by atoms with E-state index >= 15 is 0 Å². The Hall–Kier alpha value is -2.80. The quantitative estimate of drug-likeness (QED) is 0.429. The van der Waals surface area contributed by atoms with Crippen LogP contribution in [0.5, 0.6) is 28.9 Å². The average molecular weight is 445 g/mol. The molecule has 0 amide bonds. The van der Waals surface area contributed by atoms with Crippen LogP contribution in [0.1, 0.15) is 12.0 Å². The summed E-state index contributed by atoms with van der Waals surface area (Å²) >= 11 is 3.43. The first-order valence-corrected chi connectivity index (χ1v) is 9.56. The third kappa shape index (κ3) is 5.13. The number of pyridine rings is 2. The lowest BCUT2D eigenvalue weighted by Gasteiger charge is -2.13. The summed E-state index contributed by atoms with van der Waals surface area (Å²) in [6, 6.07) is 11.2. The number of rotatable bonds is 9. The van der Waals surface area contributed by atoms with Gasteiger partial charge in [-0.05, 0) is 43.2 Å². The van der Waals surface area contributed by atoms with Gasteiger partial charge in [0.25, 0.3) is 5.88 Å². The Balaban J connectivity index is 1.62. The molecular weight excluding hydrogens is 424 g/mol. The fourth-order valence-electron chi connectivity index (χ4n) is 2.68. The van der Waals surface area contributed by atoms with Crippen molar-refractivity contribution in [2.45, 2.75) is 12.8 Å². The Labute approximate surface area is 172 Å². The highest BCUT2D eigenvalue weighted by atomic mass is 79.9. The van der Waals surface area contributed by atoms with Gasteiger partial charge in [-0.1, -0.05) is 22.0 Å². The van der Waals surface area contributed by atoms with Crippen molar-refractivity contribution in [3.63, 3.8) is 0 Å². The van der Waals surface area contributed by atoms with E-state index in [1.165, 1.54) is 0 Å². The molecule has 0 aliphatic heterocycles. The number of methoxy groups -OCH3 is 2. The van der Waals surface area contributed by atoms with Gasteiger partial charge in [0, 0.05) is 16.2 Å². The van der Waals surface area contributed by atoms with Crippen LogP contribution in [-0.2, 0) is 6.42 Å². The second kappa shape index (κ2) is 9.94. The fourth-order valence-corrected chi connectivity index (χ4v) is 3.06. The average Bonchev–Trinajstić information content (AvgIpc) is 2.72. The van der Waals surface area contributed by atoms with E-state index < -0.39 is 0 Å². The van der Waals surface area contributed by atoms with Gasteiger partial charge in [0.2, 0.25) is 0 Å². The molecule has 7 heteroatoms. The zero-order chi connectivity index (χ0) is 19.8. The summed E-state index contributed by atoms with van der Waals surface area (Å²) in [6.07, 6.45) is 6.54. The van der Waals surface area contributed by atoms with Crippen molar-refractivity contribution in [1.29, 1.82) is 0 Å². The largest absolute Gasteiger partial charge is 0.495 e. The van der Waals surface area contributed by atoms with Crippen molar-refractivity contribution in [3.8, 4) is 28.9 Å². The molecular formula is C21H21BrN2O4. The standard InChI is InChI=1S/C21H21BrN2O4/c1-25-19-13-23-14-20(26-2)17(19)8-5-11-27-18-9-4-10-24-21(18)28-16-7-3-6-15(22)12-16/h3-4,6-7,9-10,12-14H,5,8,11H2,1-2H3. The van der Waals surface area contributed by atoms with Crippen molar-refractivity contribution in [1.82, 2.24) is 9.97 Å². The summed E-state index contributed by atoms with van der Waals surface area (Å²) in [5.74, 6) is 3.12. The minimum atomic E-state index is 0.430. The number of ether oxygens (including phenoxy) is 4. The van der Waals surface area contributed by atoms with Gasteiger partial charge >= 0.3 is 0 Å². The number of halogens is 1. The van der Waals surface area contributed by atoms with Crippen LogP contribution in [0.25, 0.3) is 0 Å². The first-order chi connectivity index (χ1) is 13.7. The molecule has 6 nitrogen and oxygen atoms in total. The van der Waals surface area contributed by atoms with Gasteiger partial charge in [-0.2, -0.15) is 0 Å². The molecule has 0 N–H and O–H groups in total. The smallest absolute Gasteiger partial charge is 0.262 e. The van der Waals surface area contributed by atoms with Crippen LogP contribution in [0.3, 0.4) is 0 Å². The molecule has 0 aliphatic carbocycles. The number of aromatic nitrogens is 2. The lowest BCUT2D eigenvalue weighted by Crippen LogP contribution is -2.04. The highest BCUT2D eigenvalue weighted by Crippen LogP contribution is 2.31. The van der Waals surface area contributed by atoms with Crippen LogP contribution in [0.4, 0.5) is 0 Å². The van der Waals surface area contributed by atoms with Crippen molar-refractivity contribution in [2.24, 2.45) is 0 Å². The second-order valence-electron chi connectivity index (χ2n) is 5.84. The minimum Gasteiger partial charge on any atom is -0.495 e. The fraction of sp³-hybridized carbons (Fsp3) is 0.238. The summed E-state index contributed by atoms with van der Waals surface area (Å²) in [6.45, 7) is 0.495. The molecule has 0 saturated carbocycles. The van der Waals surface area contributed by atoms with E-state index in [2.05, 4.69) is 25.9 Å². The van der Waals surface area contributed by atoms with E-state index in [0.29, 0.717) is 35.5 Å². The first-order valence-electron chi connectivity index (χ1n) is 8.77. The summed E-state index contributed by atoms with van der Waals surface area (Å²) in [5, 5.41) is 0. The Bertz CT molecular complexity index is 898. The van der Waals surface area contributed by atoms with Gasteiger partial charge in [-0.3, -0.25) is 4.98 Å². The molecule has 2 aromatic heterocycles. The summed E-state index contributed by atoms with van der Waals surface area (Å²) in [4.78, 5) is 8.40. The Kier molecular flexibility index (Phi) is 7.08.